The zero-order valence-electron chi connectivity index (χ0n) is 11.8. The highest BCUT2D eigenvalue weighted by Gasteiger charge is 2.07. The molecule has 0 fully saturated rings. The Morgan fingerprint density at radius 3 is 2.67 bits per heavy atom. The van der Waals surface area contributed by atoms with E-state index in [2.05, 4.69) is 0 Å². The number of carbonyl (C=O) groups excluding carboxylic acids is 1. The van der Waals surface area contributed by atoms with Crippen LogP contribution in [0.2, 0.25) is 5.02 Å². The number of halogens is 1. The third-order valence-electron chi connectivity index (χ3n) is 2.93. The molecule has 3 nitrogen and oxygen atoms in total. The van der Waals surface area contributed by atoms with Gasteiger partial charge in [-0.05, 0) is 24.6 Å². The highest BCUT2D eigenvalue weighted by molar-refractivity contribution is 6.31. The summed E-state index contributed by atoms with van der Waals surface area (Å²) in [5.41, 5.74) is 1.36. The number of aldehydes is 1. The van der Waals surface area contributed by atoms with Crippen LogP contribution in [0.15, 0.2) is 42.5 Å². The lowest BCUT2D eigenvalue weighted by atomic mass is 10.2. The van der Waals surface area contributed by atoms with Crippen molar-refractivity contribution in [3.8, 4) is 11.5 Å². The first-order valence-corrected chi connectivity index (χ1v) is 7.20. The van der Waals surface area contributed by atoms with Crippen molar-refractivity contribution in [1.82, 2.24) is 0 Å². The molecule has 0 amide bonds. The van der Waals surface area contributed by atoms with Gasteiger partial charge < -0.3 is 9.47 Å². The quantitative estimate of drug-likeness (QED) is 0.705. The van der Waals surface area contributed by atoms with Gasteiger partial charge in [-0.3, -0.25) is 4.79 Å². The summed E-state index contributed by atoms with van der Waals surface area (Å²) in [7, 11) is 0. The van der Waals surface area contributed by atoms with Crippen molar-refractivity contribution < 1.29 is 14.3 Å². The highest BCUT2D eigenvalue weighted by atomic mass is 35.5. The molecule has 110 valence electrons. The summed E-state index contributed by atoms with van der Waals surface area (Å²) in [6, 6.07) is 12.6. The number of rotatable bonds is 7. The van der Waals surface area contributed by atoms with Crippen LogP contribution in [0, 0.1) is 0 Å². The molecule has 2 aromatic carbocycles. The molecule has 0 N–H and O–H groups in total. The standard InChI is InChI=1S/C17H17ClO3/c1-2-9-20-15-8-7-13(11-19)17(10-15)21-12-14-5-3-4-6-16(14)18/h3-8,10-11H,2,9,12H2,1H3. The molecular weight excluding hydrogens is 288 g/mol. The van der Waals surface area contributed by atoms with E-state index < -0.39 is 0 Å². The zero-order chi connectivity index (χ0) is 15.1. The number of hydrogen-bond acceptors (Lipinski definition) is 3. The van der Waals surface area contributed by atoms with Gasteiger partial charge in [-0.15, -0.1) is 0 Å². The largest absolute Gasteiger partial charge is 0.493 e. The van der Waals surface area contributed by atoms with Gasteiger partial charge in [0.2, 0.25) is 0 Å². The molecule has 0 saturated carbocycles. The normalized spacial score (nSPS) is 10.2. The topological polar surface area (TPSA) is 35.5 Å². The minimum Gasteiger partial charge on any atom is -0.493 e. The molecule has 4 heteroatoms. The molecule has 21 heavy (non-hydrogen) atoms. The fourth-order valence-electron chi connectivity index (χ4n) is 1.82. The second-order valence-electron chi connectivity index (χ2n) is 4.55. The van der Waals surface area contributed by atoms with Crippen molar-refractivity contribution in [2.75, 3.05) is 6.61 Å². The van der Waals surface area contributed by atoms with Gasteiger partial charge >= 0.3 is 0 Å². The summed E-state index contributed by atoms with van der Waals surface area (Å²) >= 11 is 6.09. The Balaban J connectivity index is 2.13. The second-order valence-corrected chi connectivity index (χ2v) is 4.95. The van der Waals surface area contributed by atoms with Crippen LogP contribution in [0.25, 0.3) is 0 Å². The first kappa shape index (κ1) is 15.4. The smallest absolute Gasteiger partial charge is 0.153 e. The summed E-state index contributed by atoms with van der Waals surface area (Å²) in [5, 5.41) is 0.642. The van der Waals surface area contributed by atoms with Crippen molar-refractivity contribution in [1.29, 1.82) is 0 Å². The molecule has 0 radical (unpaired) electrons. The van der Waals surface area contributed by atoms with Crippen molar-refractivity contribution in [2.24, 2.45) is 0 Å². The maximum absolute atomic E-state index is 11.1. The van der Waals surface area contributed by atoms with E-state index in [-0.39, 0.29) is 0 Å². The van der Waals surface area contributed by atoms with Crippen LogP contribution in [0.3, 0.4) is 0 Å². The van der Waals surface area contributed by atoms with Crippen molar-refractivity contribution in [2.45, 2.75) is 20.0 Å². The maximum atomic E-state index is 11.1. The molecule has 0 heterocycles. The molecule has 2 rings (SSSR count). The molecule has 0 saturated heterocycles. The van der Waals surface area contributed by atoms with E-state index in [1.807, 2.05) is 31.2 Å². The van der Waals surface area contributed by atoms with Crippen LogP contribution in [0.4, 0.5) is 0 Å². The Kier molecular flexibility index (Phi) is 5.64. The van der Waals surface area contributed by atoms with E-state index in [4.69, 9.17) is 21.1 Å². The third kappa shape index (κ3) is 4.23. The van der Waals surface area contributed by atoms with Crippen LogP contribution in [0.5, 0.6) is 11.5 Å². The summed E-state index contributed by atoms with van der Waals surface area (Å²) in [4.78, 5) is 11.1. The van der Waals surface area contributed by atoms with Crippen molar-refractivity contribution in [3.63, 3.8) is 0 Å². The highest BCUT2D eigenvalue weighted by Crippen LogP contribution is 2.26. The molecule has 0 aromatic heterocycles. The lowest BCUT2D eigenvalue weighted by Gasteiger charge is -2.12. The molecule has 0 aliphatic rings. The molecule has 0 bridgehead atoms. The SMILES string of the molecule is CCCOc1ccc(C=O)c(OCc2ccccc2Cl)c1. The summed E-state index contributed by atoms with van der Waals surface area (Å²) in [6.07, 6.45) is 1.69. The third-order valence-corrected chi connectivity index (χ3v) is 3.29. The Morgan fingerprint density at radius 2 is 1.95 bits per heavy atom. The minimum absolute atomic E-state index is 0.303. The van der Waals surface area contributed by atoms with Crippen LogP contribution in [-0.4, -0.2) is 12.9 Å². The molecule has 0 aliphatic carbocycles. The fourth-order valence-corrected chi connectivity index (χ4v) is 2.01. The first-order valence-electron chi connectivity index (χ1n) is 6.83. The van der Waals surface area contributed by atoms with E-state index in [1.165, 1.54) is 0 Å². The van der Waals surface area contributed by atoms with Gasteiger partial charge in [0.25, 0.3) is 0 Å². The minimum atomic E-state index is 0.303. The Morgan fingerprint density at radius 1 is 1.14 bits per heavy atom. The number of ether oxygens (including phenoxy) is 2. The van der Waals surface area contributed by atoms with Crippen molar-refractivity contribution >= 4 is 17.9 Å². The average molecular weight is 305 g/mol. The predicted octanol–water partition coefficient (Wildman–Crippen LogP) is 4.52. The van der Waals surface area contributed by atoms with Gasteiger partial charge in [-0.1, -0.05) is 36.7 Å². The van der Waals surface area contributed by atoms with Crippen LogP contribution in [-0.2, 0) is 6.61 Å². The van der Waals surface area contributed by atoms with Gasteiger partial charge in [0.15, 0.2) is 6.29 Å². The van der Waals surface area contributed by atoms with Crippen LogP contribution in [0.1, 0.15) is 29.3 Å². The van der Waals surface area contributed by atoms with E-state index in [1.54, 1.807) is 18.2 Å². The van der Waals surface area contributed by atoms with E-state index in [0.29, 0.717) is 35.3 Å². The Labute approximate surface area is 129 Å². The Hall–Kier alpha value is -2.00. The number of carbonyl (C=O) groups is 1. The molecule has 2 aromatic rings. The molecular formula is C17H17ClO3. The molecule has 0 unspecified atom stereocenters. The molecule has 0 atom stereocenters. The van der Waals surface area contributed by atoms with Gasteiger partial charge in [0.05, 0.1) is 12.2 Å². The summed E-state index contributed by atoms with van der Waals surface area (Å²) in [5.74, 6) is 1.19. The second kappa shape index (κ2) is 7.70. The van der Waals surface area contributed by atoms with E-state index >= 15 is 0 Å². The van der Waals surface area contributed by atoms with Crippen LogP contribution < -0.4 is 9.47 Å². The first-order chi connectivity index (χ1) is 10.2. The summed E-state index contributed by atoms with van der Waals surface area (Å²) < 4.78 is 11.3. The molecule has 0 spiro atoms. The number of benzene rings is 2. The van der Waals surface area contributed by atoms with Gasteiger partial charge in [0.1, 0.15) is 18.1 Å². The van der Waals surface area contributed by atoms with E-state index in [0.717, 1.165) is 18.3 Å². The molecule has 0 aliphatic heterocycles. The van der Waals surface area contributed by atoms with Gasteiger partial charge in [-0.2, -0.15) is 0 Å². The lowest BCUT2D eigenvalue weighted by Crippen LogP contribution is -2.01. The fraction of sp³-hybridized carbons (Fsp3) is 0.235. The predicted molar refractivity (Wildman–Crippen MR) is 83.4 cm³/mol. The Bertz CT molecular complexity index is 611. The van der Waals surface area contributed by atoms with E-state index in [9.17, 15) is 4.79 Å². The lowest BCUT2D eigenvalue weighted by molar-refractivity contribution is 0.111. The average Bonchev–Trinajstić information content (AvgIpc) is 2.52. The van der Waals surface area contributed by atoms with Gasteiger partial charge in [0, 0.05) is 16.7 Å². The van der Waals surface area contributed by atoms with Gasteiger partial charge in [-0.25, -0.2) is 0 Å². The zero-order valence-corrected chi connectivity index (χ0v) is 12.6. The maximum Gasteiger partial charge on any atom is 0.153 e. The summed E-state index contributed by atoms with van der Waals surface area (Å²) in [6.45, 7) is 2.97. The monoisotopic (exact) mass is 304 g/mol. The van der Waals surface area contributed by atoms with Crippen LogP contribution >= 0.6 is 11.6 Å². The van der Waals surface area contributed by atoms with Crippen molar-refractivity contribution in [3.05, 3.63) is 58.6 Å². The number of hydrogen-bond donors (Lipinski definition) is 0.